The van der Waals surface area contributed by atoms with Crippen LogP contribution in [-0.4, -0.2) is 79.6 Å². The molecule has 0 radical (unpaired) electrons. The van der Waals surface area contributed by atoms with Gasteiger partial charge in [0.25, 0.3) is 0 Å². The molecule has 2 heterocycles. The Hall–Kier alpha value is -1.14. The maximum Gasteiger partial charge on any atom is 0.122 e. The Bertz CT molecular complexity index is 538. The Kier molecular flexibility index (Phi) is 7.32. The largest absolute Gasteiger partial charge is 0.491 e. The average molecular weight is 363 g/mol. The third-order valence-corrected chi connectivity index (χ3v) is 5.39. The topological polar surface area (TPSA) is 45.2 Å². The fourth-order valence-electron chi connectivity index (χ4n) is 3.86. The van der Waals surface area contributed by atoms with Crippen LogP contribution in [-0.2, 0) is 4.74 Å². The van der Waals surface area contributed by atoms with E-state index in [0.717, 1.165) is 45.1 Å². The second kappa shape index (κ2) is 9.70. The molecule has 0 spiro atoms. The summed E-state index contributed by atoms with van der Waals surface area (Å²) in [5, 5.41) is 10.4. The molecule has 2 fully saturated rings. The van der Waals surface area contributed by atoms with Crippen LogP contribution in [0.4, 0.5) is 0 Å². The van der Waals surface area contributed by atoms with E-state index < -0.39 is 6.10 Å². The first-order chi connectivity index (χ1) is 12.6. The Morgan fingerprint density at radius 2 is 1.88 bits per heavy atom. The third kappa shape index (κ3) is 5.68. The zero-order chi connectivity index (χ0) is 18.4. The second-order valence-electron chi connectivity index (χ2n) is 7.89. The van der Waals surface area contributed by atoms with Gasteiger partial charge >= 0.3 is 0 Å². The van der Waals surface area contributed by atoms with Gasteiger partial charge in [-0.3, -0.25) is 9.80 Å². The van der Waals surface area contributed by atoms with Crippen molar-refractivity contribution >= 4 is 0 Å². The number of aliphatic hydroxyl groups is 1. The van der Waals surface area contributed by atoms with Gasteiger partial charge in [0.05, 0.1) is 6.10 Å². The minimum absolute atomic E-state index is 0.347. The Morgan fingerprint density at radius 3 is 2.58 bits per heavy atom. The van der Waals surface area contributed by atoms with E-state index in [2.05, 4.69) is 29.7 Å². The first kappa shape index (κ1) is 19.6. The molecule has 5 nitrogen and oxygen atoms in total. The summed E-state index contributed by atoms with van der Waals surface area (Å²) >= 11 is 0. The fourth-order valence-corrected chi connectivity index (χ4v) is 3.86. The second-order valence-corrected chi connectivity index (χ2v) is 7.89. The van der Waals surface area contributed by atoms with E-state index >= 15 is 0 Å². The molecule has 5 heteroatoms. The zero-order valence-corrected chi connectivity index (χ0v) is 16.3. The highest BCUT2D eigenvalue weighted by Crippen LogP contribution is 2.26. The molecule has 0 aliphatic carbocycles. The van der Waals surface area contributed by atoms with Crippen molar-refractivity contribution in [1.29, 1.82) is 0 Å². The molecule has 0 amide bonds. The summed E-state index contributed by atoms with van der Waals surface area (Å²) in [6.45, 7) is 11.5. The third-order valence-electron chi connectivity index (χ3n) is 5.39. The van der Waals surface area contributed by atoms with Crippen LogP contribution in [0.25, 0.3) is 0 Å². The molecule has 1 aromatic rings. The van der Waals surface area contributed by atoms with E-state index in [4.69, 9.17) is 9.47 Å². The lowest BCUT2D eigenvalue weighted by molar-refractivity contribution is 0.0262. The Morgan fingerprint density at radius 1 is 1.15 bits per heavy atom. The molecular formula is C21H34N2O3. The maximum atomic E-state index is 10.4. The van der Waals surface area contributed by atoms with Crippen molar-refractivity contribution in [1.82, 2.24) is 9.80 Å². The molecule has 0 bridgehead atoms. The first-order valence-electron chi connectivity index (χ1n) is 10.1. The van der Waals surface area contributed by atoms with Crippen molar-refractivity contribution < 1.29 is 14.6 Å². The summed E-state index contributed by atoms with van der Waals surface area (Å²) in [5.74, 6) is 1.31. The predicted molar refractivity (Wildman–Crippen MR) is 104 cm³/mol. The lowest BCUT2D eigenvalue weighted by Crippen LogP contribution is -2.50. The Labute approximate surface area is 157 Å². The first-order valence-corrected chi connectivity index (χ1v) is 10.1. The maximum absolute atomic E-state index is 10.4. The molecule has 1 N–H and O–H groups in total. The van der Waals surface area contributed by atoms with Crippen molar-refractivity contribution in [3.63, 3.8) is 0 Å². The molecule has 146 valence electrons. The van der Waals surface area contributed by atoms with E-state index in [1.165, 1.54) is 18.4 Å². The average Bonchev–Trinajstić information content (AvgIpc) is 3.15. The quantitative estimate of drug-likeness (QED) is 0.769. The van der Waals surface area contributed by atoms with Crippen LogP contribution >= 0.6 is 0 Å². The highest BCUT2D eigenvalue weighted by Gasteiger charge is 2.24. The molecule has 2 saturated heterocycles. The molecule has 26 heavy (non-hydrogen) atoms. The van der Waals surface area contributed by atoms with Gasteiger partial charge < -0.3 is 14.6 Å². The van der Waals surface area contributed by atoms with Crippen molar-refractivity contribution in [3.8, 4) is 5.75 Å². The van der Waals surface area contributed by atoms with Gasteiger partial charge in [-0.1, -0.05) is 32.0 Å². The molecule has 2 aliphatic heterocycles. The van der Waals surface area contributed by atoms with Crippen LogP contribution < -0.4 is 4.74 Å². The lowest BCUT2D eigenvalue weighted by atomic mass is 10.0. The van der Waals surface area contributed by atoms with Gasteiger partial charge in [0, 0.05) is 45.9 Å². The van der Waals surface area contributed by atoms with E-state index in [0.29, 0.717) is 25.2 Å². The van der Waals surface area contributed by atoms with E-state index in [9.17, 15) is 5.11 Å². The number of benzene rings is 1. The number of nitrogens with zero attached hydrogens (tertiary/aromatic N) is 2. The zero-order valence-electron chi connectivity index (χ0n) is 16.3. The van der Waals surface area contributed by atoms with Crippen molar-refractivity contribution in [2.24, 2.45) is 0 Å². The van der Waals surface area contributed by atoms with Crippen molar-refractivity contribution in [2.75, 3.05) is 52.5 Å². The van der Waals surface area contributed by atoms with Crippen LogP contribution in [0.3, 0.4) is 0 Å². The van der Waals surface area contributed by atoms with E-state index in [-0.39, 0.29) is 0 Å². The molecule has 0 unspecified atom stereocenters. The number of ether oxygens (including phenoxy) is 2. The summed E-state index contributed by atoms with van der Waals surface area (Å²) in [4.78, 5) is 4.84. The predicted octanol–water partition coefficient (Wildman–Crippen LogP) is 2.35. The van der Waals surface area contributed by atoms with Gasteiger partial charge in [-0.25, -0.2) is 0 Å². The molecule has 0 saturated carbocycles. The molecule has 3 rings (SSSR count). The summed E-state index contributed by atoms with van der Waals surface area (Å²) in [5.41, 5.74) is 1.20. The minimum Gasteiger partial charge on any atom is -0.491 e. The number of hydrogen-bond donors (Lipinski definition) is 1. The lowest BCUT2D eigenvalue weighted by Gasteiger charge is -2.36. The highest BCUT2D eigenvalue weighted by atomic mass is 16.5. The molecular weight excluding hydrogens is 328 g/mol. The van der Waals surface area contributed by atoms with Crippen molar-refractivity contribution in [3.05, 3.63) is 29.8 Å². The van der Waals surface area contributed by atoms with Gasteiger partial charge in [-0.2, -0.15) is 0 Å². The van der Waals surface area contributed by atoms with Crippen LogP contribution in [0.2, 0.25) is 0 Å². The molecule has 2 aliphatic rings. The number of aliphatic hydroxyl groups excluding tert-OH is 1. The van der Waals surface area contributed by atoms with Crippen LogP contribution in [0.1, 0.15) is 38.2 Å². The van der Waals surface area contributed by atoms with Gasteiger partial charge in [0.15, 0.2) is 0 Å². The summed E-state index contributed by atoms with van der Waals surface area (Å²) < 4.78 is 11.6. The summed E-state index contributed by atoms with van der Waals surface area (Å²) in [7, 11) is 0. The standard InChI is InChI=1S/C21H34N2O3/c1-17(2)20-7-3-4-8-21(20)26-16-18(24)14-22-9-11-23(12-10-22)15-19-6-5-13-25-19/h3-4,7-8,17-19,24H,5-6,9-16H2,1-2H3/t18-,19+/m1/s1. The highest BCUT2D eigenvalue weighted by molar-refractivity contribution is 5.35. The van der Waals surface area contributed by atoms with Crippen LogP contribution in [0.5, 0.6) is 5.75 Å². The summed E-state index contributed by atoms with van der Waals surface area (Å²) in [6.07, 6.45) is 2.38. The number of para-hydroxylation sites is 1. The van der Waals surface area contributed by atoms with Crippen LogP contribution in [0, 0.1) is 0 Å². The number of β-amino-alcohol motifs (C(OH)–C–C–N with tert-alkyl or cyclic N) is 1. The number of rotatable bonds is 8. The van der Waals surface area contributed by atoms with Gasteiger partial charge in [-0.15, -0.1) is 0 Å². The number of hydrogen-bond acceptors (Lipinski definition) is 5. The van der Waals surface area contributed by atoms with Crippen molar-refractivity contribution in [2.45, 2.75) is 44.8 Å². The fraction of sp³-hybridized carbons (Fsp3) is 0.714. The molecule has 0 aromatic heterocycles. The smallest absolute Gasteiger partial charge is 0.122 e. The monoisotopic (exact) mass is 362 g/mol. The minimum atomic E-state index is -0.458. The normalized spacial score (nSPS) is 23.5. The van der Waals surface area contributed by atoms with Gasteiger partial charge in [0.2, 0.25) is 0 Å². The Balaban J connectivity index is 1.37. The molecule has 2 atom stereocenters. The SMILES string of the molecule is CC(C)c1ccccc1OC[C@H](O)CN1CCN(C[C@@H]2CCCO2)CC1. The van der Waals surface area contributed by atoms with E-state index in [1.54, 1.807) is 0 Å². The number of piperazine rings is 1. The molecule has 1 aromatic carbocycles. The van der Waals surface area contributed by atoms with Crippen LogP contribution in [0.15, 0.2) is 24.3 Å². The van der Waals surface area contributed by atoms with E-state index in [1.807, 2.05) is 18.2 Å². The summed E-state index contributed by atoms with van der Waals surface area (Å²) in [6, 6.07) is 8.11. The van der Waals surface area contributed by atoms with Gasteiger partial charge in [-0.05, 0) is 30.4 Å². The van der Waals surface area contributed by atoms with Gasteiger partial charge in [0.1, 0.15) is 18.5 Å².